The number of aliphatic carboxylic acids is 3. The van der Waals surface area contributed by atoms with Crippen LogP contribution in [0.2, 0.25) is 0 Å². The molecule has 2 aromatic carbocycles. The van der Waals surface area contributed by atoms with Crippen LogP contribution in [0.5, 0.6) is 0 Å². The Morgan fingerprint density at radius 3 is 2.05 bits per heavy atom. The second-order valence-electron chi connectivity index (χ2n) is 9.54. The molecule has 0 bridgehead atoms. The lowest BCUT2D eigenvalue weighted by Crippen LogP contribution is -2.42. The number of rotatable bonds is 8. The number of para-hydroxylation sites is 1. The van der Waals surface area contributed by atoms with Gasteiger partial charge < -0.3 is 30.5 Å². The van der Waals surface area contributed by atoms with Crippen LogP contribution in [0.1, 0.15) is 42.5 Å². The molecule has 11 heteroatoms. The number of hydrogen-bond donors (Lipinski definition) is 6. The van der Waals surface area contributed by atoms with E-state index in [-0.39, 0.29) is 5.82 Å². The lowest BCUT2D eigenvalue weighted by molar-refractivity contribution is -0.170. The predicted molar refractivity (Wildman–Crippen MR) is 135 cm³/mol. The topological polar surface area (TPSA) is 171 Å². The summed E-state index contributed by atoms with van der Waals surface area (Å²) in [5.41, 5.74) is 0.295. The van der Waals surface area contributed by atoms with E-state index >= 15 is 0 Å². The lowest BCUT2D eigenvalue weighted by atomic mass is 9.84. The van der Waals surface area contributed by atoms with Crippen LogP contribution in [-0.2, 0) is 26.5 Å². The molecule has 1 aromatic heterocycles. The van der Waals surface area contributed by atoms with Crippen molar-refractivity contribution in [3.8, 4) is 0 Å². The largest absolute Gasteiger partial charge is 0.481 e. The van der Waals surface area contributed by atoms with Gasteiger partial charge >= 0.3 is 17.9 Å². The monoisotopic (exact) mass is 530 g/mol. The number of nitrogens with one attached hydrogen (secondary N) is 1. The second kappa shape index (κ2) is 11.7. The number of aryl methyl sites for hydroxylation is 1. The number of nitrogens with zero attached hydrogens (tertiary/aromatic N) is 1. The van der Waals surface area contributed by atoms with Gasteiger partial charge in [-0.05, 0) is 37.5 Å². The summed E-state index contributed by atoms with van der Waals surface area (Å²) < 4.78 is 14.1. The zero-order chi connectivity index (χ0) is 28.1. The van der Waals surface area contributed by atoms with Gasteiger partial charge in [-0.15, -0.1) is 0 Å². The van der Waals surface area contributed by atoms with E-state index in [4.69, 9.17) is 20.4 Å². The van der Waals surface area contributed by atoms with Crippen molar-refractivity contribution in [1.82, 2.24) is 9.88 Å². The molecule has 0 amide bonds. The molecule has 4 rings (SSSR count). The summed E-state index contributed by atoms with van der Waals surface area (Å²) in [6.45, 7) is 4.47. The first-order valence-electron chi connectivity index (χ1n) is 12.0. The van der Waals surface area contributed by atoms with Gasteiger partial charge in [-0.25, -0.2) is 9.18 Å². The molecule has 0 aliphatic carbocycles. The van der Waals surface area contributed by atoms with E-state index in [1.54, 1.807) is 18.2 Å². The third kappa shape index (κ3) is 6.74. The number of halogens is 1. The van der Waals surface area contributed by atoms with Gasteiger partial charge in [0.25, 0.3) is 0 Å². The van der Waals surface area contributed by atoms with Crippen molar-refractivity contribution in [1.29, 1.82) is 0 Å². The molecular formula is C27H31FN2O8. The molecule has 1 aliphatic heterocycles. The van der Waals surface area contributed by atoms with Crippen molar-refractivity contribution in [2.45, 2.75) is 50.4 Å². The number of piperidine rings is 1. The number of aromatic amines is 1. The number of fused-ring (bicyclic) bond motifs is 1. The summed E-state index contributed by atoms with van der Waals surface area (Å²) in [6, 6.07) is 14.9. The van der Waals surface area contributed by atoms with Crippen molar-refractivity contribution in [3.05, 3.63) is 71.2 Å². The Labute approximate surface area is 218 Å². The van der Waals surface area contributed by atoms with Gasteiger partial charge in [0, 0.05) is 41.8 Å². The molecule has 38 heavy (non-hydrogen) atoms. The molecule has 1 saturated heterocycles. The molecule has 3 aromatic rings. The van der Waals surface area contributed by atoms with E-state index in [0.717, 1.165) is 25.2 Å². The van der Waals surface area contributed by atoms with E-state index in [2.05, 4.69) is 35.0 Å². The van der Waals surface area contributed by atoms with Crippen LogP contribution in [0.25, 0.3) is 10.9 Å². The van der Waals surface area contributed by atoms with Gasteiger partial charge in [0.15, 0.2) is 5.60 Å². The highest BCUT2D eigenvalue weighted by Gasteiger charge is 2.41. The number of H-pyrrole nitrogens is 1. The van der Waals surface area contributed by atoms with Gasteiger partial charge in [-0.2, -0.15) is 0 Å². The zero-order valence-corrected chi connectivity index (χ0v) is 20.9. The molecule has 0 saturated carbocycles. The Hall–Kier alpha value is -3.80. The molecule has 1 fully saturated rings. The highest BCUT2D eigenvalue weighted by molar-refractivity contribution is 5.88. The first-order chi connectivity index (χ1) is 17.8. The Bertz CT molecular complexity index is 1300. The molecule has 0 unspecified atom stereocenters. The lowest BCUT2D eigenvalue weighted by Gasteiger charge is -2.38. The van der Waals surface area contributed by atoms with E-state index in [1.165, 1.54) is 22.7 Å². The van der Waals surface area contributed by atoms with Crippen LogP contribution < -0.4 is 0 Å². The number of likely N-dealkylation sites (tertiary alicyclic amines) is 1. The third-order valence-electron chi connectivity index (χ3n) is 6.79. The van der Waals surface area contributed by atoms with Crippen LogP contribution in [0.3, 0.4) is 0 Å². The Morgan fingerprint density at radius 1 is 0.974 bits per heavy atom. The average molecular weight is 531 g/mol. The maximum absolute atomic E-state index is 14.1. The summed E-state index contributed by atoms with van der Waals surface area (Å²) in [4.78, 5) is 36.3. The fourth-order valence-electron chi connectivity index (χ4n) is 4.62. The van der Waals surface area contributed by atoms with Crippen molar-refractivity contribution < 1.29 is 44.3 Å². The molecule has 0 atom stereocenters. The average Bonchev–Trinajstić information content (AvgIpc) is 3.15. The first-order valence-corrected chi connectivity index (χ1v) is 12.0. The molecule has 2 heterocycles. The fourth-order valence-corrected chi connectivity index (χ4v) is 4.62. The second-order valence-corrected chi connectivity index (χ2v) is 9.54. The van der Waals surface area contributed by atoms with E-state index in [0.29, 0.717) is 18.4 Å². The number of benzene rings is 2. The minimum absolute atomic E-state index is 0.315. The Balaban J connectivity index is 0.000000263. The maximum Gasteiger partial charge on any atom is 0.336 e. The fraction of sp³-hybridized carbons (Fsp3) is 0.370. The summed E-state index contributed by atoms with van der Waals surface area (Å²) in [5, 5.41) is 46.0. The van der Waals surface area contributed by atoms with E-state index < -0.39 is 42.0 Å². The molecule has 0 spiro atoms. The normalized spacial score (nSPS) is 15.5. The number of hydrogen-bond acceptors (Lipinski definition) is 6. The smallest absolute Gasteiger partial charge is 0.336 e. The van der Waals surface area contributed by atoms with Crippen molar-refractivity contribution in [2.24, 2.45) is 0 Å². The molecule has 0 radical (unpaired) electrons. The van der Waals surface area contributed by atoms with Gasteiger partial charge in [-0.3, -0.25) is 14.5 Å². The number of carbonyl (C=O) groups is 3. The molecule has 10 nitrogen and oxygen atoms in total. The van der Waals surface area contributed by atoms with Crippen LogP contribution in [0, 0.1) is 12.7 Å². The van der Waals surface area contributed by atoms with Gasteiger partial charge in [0.2, 0.25) is 0 Å². The number of aromatic nitrogens is 1. The Kier molecular flexibility index (Phi) is 8.87. The Morgan fingerprint density at radius 2 is 1.53 bits per heavy atom. The third-order valence-corrected chi connectivity index (χ3v) is 6.79. The van der Waals surface area contributed by atoms with Crippen molar-refractivity contribution >= 4 is 28.8 Å². The standard InChI is InChI=1S/C21H23FN2O.C6H8O7/c1-15-16-6-2-5-9-19(16)23-20(15)14-24-12-10-21(25,11-13-24)17-7-3-4-8-18(17)22;7-3(8)1-6(13,5(11)12)2-4(9)10/h2-9,23,25H,10-14H2,1H3;13H,1-2H2,(H,7,8)(H,9,10)(H,11,12). The van der Waals surface area contributed by atoms with Crippen LogP contribution in [0.4, 0.5) is 4.39 Å². The van der Waals surface area contributed by atoms with Crippen LogP contribution in [-0.4, -0.2) is 72.0 Å². The van der Waals surface area contributed by atoms with Crippen molar-refractivity contribution in [3.63, 3.8) is 0 Å². The summed E-state index contributed by atoms with van der Waals surface area (Å²) in [6.07, 6.45) is -1.19. The number of carboxylic acid groups (broad SMARTS) is 3. The quantitative estimate of drug-likeness (QED) is 0.256. The first kappa shape index (κ1) is 28.8. The molecule has 204 valence electrons. The molecular weight excluding hydrogens is 499 g/mol. The van der Waals surface area contributed by atoms with Gasteiger partial charge in [0.05, 0.1) is 18.4 Å². The summed E-state index contributed by atoms with van der Waals surface area (Å²) in [5.74, 6) is -5.33. The highest BCUT2D eigenvalue weighted by Crippen LogP contribution is 2.35. The minimum atomic E-state index is -2.74. The van der Waals surface area contributed by atoms with E-state index in [1.807, 2.05) is 6.07 Å². The minimum Gasteiger partial charge on any atom is -0.481 e. The summed E-state index contributed by atoms with van der Waals surface area (Å²) in [7, 11) is 0. The van der Waals surface area contributed by atoms with Crippen LogP contribution in [0.15, 0.2) is 48.5 Å². The SMILES string of the molecule is Cc1c(CN2CCC(O)(c3ccccc3F)CC2)[nH]c2ccccc12.O=C(O)CC(O)(CC(=O)O)C(=O)O. The zero-order valence-electron chi connectivity index (χ0n) is 20.9. The van der Waals surface area contributed by atoms with Gasteiger partial charge in [-0.1, -0.05) is 36.4 Å². The summed E-state index contributed by atoms with van der Waals surface area (Å²) >= 11 is 0. The van der Waals surface area contributed by atoms with Crippen molar-refractivity contribution in [2.75, 3.05) is 13.1 Å². The number of aliphatic hydroxyl groups is 2. The predicted octanol–water partition coefficient (Wildman–Crippen LogP) is 2.85. The molecule has 1 aliphatic rings. The van der Waals surface area contributed by atoms with E-state index in [9.17, 15) is 23.9 Å². The number of carboxylic acids is 3. The molecule has 6 N–H and O–H groups in total. The highest BCUT2D eigenvalue weighted by atomic mass is 19.1. The maximum atomic E-state index is 14.1. The van der Waals surface area contributed by atoms with Gasteiger partial charge in [0.1, 0.15) is 5.82 Å². The van der Waals surface area contributed by atoms with Crippen LogP contribution >= 0.6 is 0 Å².